The van der Waals surface area contributed by atoms with E-state index in [0.717, 1.165) is 36.9 Å². The van der Waals surface area contributed by atoms with E-state index in [0.29, 0.717) is 18.4 Å². The molecule has 1 unspecified atom stereocenters. The average Bonchev–Trinajstić information content (AvgIpc) is 2.86. The van der Waals surface area contributed by atoms with Crippen molar-refractivity contribution in [2.45, 2.75) is 32.7 Å². The van der Waals surface area contributed by atoms with Crippen molar-refractivity contribution in [3.8, 4) is 0 Å². The van der Waals surface area contributed by atoms with Gasteiger partial charge < -0.3 is 10.3 Å². The second kappa shape index (κ2) is 7.43. The van der Waals surface area contributed by atoms with Crippen LogP contribution in [0.15, 0.2) is 4.52 Å². The number of nitrogens with two attached hydrogens (primary N) is 1. The first-order chi connectivity index (χ1) is 9.60. The molecule has 0 bridgehead atoms. The van der Waals surface area contributed by atoms with E-state index >= 15 is 0 Å². The van der Waals surface area contributed by atoms with Crippen molar-refractivity contribution in [2.75, 3.05) is 31.6 Å². The van der Waals surface area contributed by atoms with Crippen molar-refractivity contribution in [1.82, 2.24) is 15.0 Å². The standard InChI is InChI=1S/C14H26N4OS/c1-10(2)6-11(8-15)7-13-16-14(17-19-13)12-9-20-5-4-18(12)3/h10-12H,4-9,15H2,1-3H3/t11-,12?/m0/s1. The lowest BCUT2D eigenvalue weighted by Crippen LogP contribution is -2.33. The van der Waals surface area contributed by atoms with Gasteiger partial charge in [0.1, 0.15) is 0 Å². The minimum atomic E-state index is 0.285. The van der Waals surface area contributed by atoms with Gasteiger partial charge in [0.15, 0.2) is 5.82 Å². The smallest absolute Gasteiger partial charge is 0.227 e. The fourth-order valence-electron chi connectivity index (χ4n) is 2.62. The van der Waals surface area contributed by atoms with Crippen LogP contribution < -0.4 is 5.73 Å². The minimum Gasteiger partial charge on any atom is -0.339 e. The Bertz CT molecular complexity index is 410. The molecule has 2 heterocycles. The lowest BCUT2D eigenvalue weighted by atomic mass is 9.94. The Labute approximate surface area is 125 Å². The van der Waals surface area contributed by atoms with E-state index in [2.05, 4.69) is 35.9 Å². The largest absolute Gasteiger partial charge is 0.339 e. The lowest BCUT2D eigenvalue weighted by Gasteiger charge is -2.29. The quantitative estimate of drug-likeness (QED) is 0.866. The van der Waals surface area contributed by atoms with Crippen LogP contribution in [-0.2, 0) is 6.42 Å². The monoisotopic (exact) mass is 298 g/mol. The van der Waals surface area contributed by atoms with Crippen LogP contribution >= 0.6 is 11.8 Å². The summed E-state index contributed by atoms with van der Waals surface area (Å²) in [6.45, 7) is 6.19. The molecule has 0 radical (unpaired) electrons. The Morgan fingerprint density at radius 1 is 1.50 bits per heavy atom. The highest BCUT2D eigenvalue weighted by atomic mass is 32.2. The molecule has 2 N–H and O–H groups in total. The van der Waals surface area contributed by atoms with Gasteiger partial charge in [0.05, 0.1) is 6.04 Å². The van der Waals surface area contributed by atoms with Crippen LogP contribution in [0.1, 0.15) is 38.0 Å². The highest BCUT2D eigenvalue weighted by Crippen LogP contribution is 2.26. The SMILES string of the molecule is CC(C)C[C@H](CN)Cc1nc(C2CSCCN2C)no1. The molecule has 114 valence electrons. The third kappa shape index (κ3) is 4.20. The molecule has 0 aromatic carbocycles. The summed E-state index contributed by atoms with van der Waals surface area (Å²) < 4.78 is 5.43. The van der Waals surface area contributed by atoms with Gasteiger partial charge in [-0.1, -0.05) is 19.0 Å². The zero-order chi connectivity index (χ0) is 14.5. The summed E-state index contributed by atoms with van der Waals surface area (Å²) in [5, 5.41) is 4.17. The minimum absolute atomic E-state index is 0.285. The first-order valence-electron chi connectivity index (χ1n) is 7.40. The second-order valence-corrected chi connectivity index (χ2v) is 7.20. The molecule has 0 amide bonds. The van der Waals surface area contributed by atoms with E-state index < -0.39 is 0 Å². The van der Waals surface area contributed by atoms with Gasteiger partial charge in [0.25, 0.3) is 0 Å². The van der Waals surface area contributed by atoms with Crippen LogP contribution in [0, 0.1) is 11.8 Å². The molecule has 1 aromatic heterocycles. The maximum Gasteiger partial charge on any atom is 0.227 e. The van der Waals surface area contributed by atoms with Gasteiger partial charge in [0, 0.05) is 24.5 Å². The number of hydrogen-bond donors (Lipinski definition) is 1. The normalized spacial score (nSPS) is 22.4. The molecule has 0 aliphatic carbocycles. The number of rotatable bonds is 6. The molecular formula is C14H26N4OS. The Balaban J connectivity index is 1.97. The second-order valence-electron chi connectivity index (χ2n) is 6.05. The molecule has 1 saturated heterocycles. The Morgan fingerprint density at radius 3 is 2.95 bits per heavy atom. The maximum absolute atomic E-state index is 5.84. The molecule has 6 heteroatoms. The van der Waals surface area contributed by atoms with E-state index in [-0.39, 0.29) is 6.04 Å². The maximum atomic E-state index is 5.84. The third-order valence-electron chi connectivity index (χ3n) is 3.78. The van der Waals surface area contributed by atoms with Crippen molar-refractivity contribution in [1.29, 1.82) is 0 Å². The predicted molar refractivity (Wildman–Crippen MR) is 82.7 cm³/mol. The third-order valence-corrected chi connectivity index (χ3v) is 4.80. The molecule has 2 atom stereocenters. The summed E-state index contributed by atoms with van der Waals surface area (Å²) in [5.74, 6) is 4.87. The highest BCUT2D eigenvalue weighted by molar-refractivity contribution is 7.99. The molecule has 1 aliphatic rings. The molecule has 0 spiro atoms. The van der Waals surface area contributed by atoms with Crippen molar-refractivity contribution < 1.29 is 4.52 Å². The van der Waals surface area contributed by atoms with E-state index in [4.69, 9.17) is 10.3 Å². The number of nitrogens with zero attached hydrogens (tertiary/aromatic N) is 3. The molecule has 1 aliphatic heterocycles. The van der Waals surface area contributed by atoms with Crippen LogP contribution in [-0.4, -0.2) is 46.7 Å². The van der Waals surface area contributed by atoms with Crippen molar-refractivity contribution >= 4 is 11.8 Å². The highest BCUT2D eigenvalue weighted by Gasteiger charge is 2.26. The Hall–Kier alpha value is -0.590. The van der Waals surface area contributed by atoms with E-state index in [1.165, 1.54) is 5.75 Å². The van der Waals surface area contributed by atoms with Gasteiger partial charge in [0.2, 0.25) is 5.89 Å². The topological polar surface area (TPSA) is 68.2 Å². The summed E-state index contributed by atoms with van der Waals surface area (Å²) in [5.41, 5.74) is 5.84. The Morgan fingerprint density at radius 2 is 2.30 bits per heavy atom. The van der Waals surface area contributed by atoms with Crippen molar-refractivity contribution in [3.05, 3.63) is 11.7 Å². The zero-order valence-electron chi connectivity index (χ0n) is 12.7. The fourth-order valence-corrected chi connectivity index (χ4v) is 3.83. The van der Waals surface area contributed by atoms with Gasteiger partial charge in [-0.25, -0.2) is 0 Å². The van der Waals surface area contributed by atoms with Gasteiger partial charge in [-0.05, 0) is 31.8 Å². The summed E-state index contributed by atoms with van der Waals surface area (Å²) in [6, 6.07) is 0.285. The molecule has 20 heavy (non-hydrogen) atoms. The van der Waals surface area contributed by atoms with Crippen LogP contribution in [0.25, 0.3) is 0 Å². The average molecular weight is 298 g/mol. The van der Waals surface area contributed by atoms with Crippen LogP contribution in [0.5, 0.6) is 0 Å². The van der Waals surface area contributed by atoms with Gasteiger partial charge in [-0.3, -0.25) is 4.90 Å². The number of aromatic nitrogens is 2. The lowest BCUT2D eigenvalue weighted by molar-refractivity contribution is 0.255. The van der Waals surface area contributed by atoms with Crippen molar-refractivity contribution in [3.63, 3.8) is 0 Å². The first kappa shape index (κ1) is 15.8. The van der Waals surface area contributed by atoms with Crippen LogP contribution in [0.3, 0.4) is 0 Å². The fraction of sp³-hybridized carbons (Fsp3) is 0.857. The van der Waals surface area contributed by atoms with E-state index in [1.54, 1.807) is 0 Å². The molecule has 1 aromatic rings. The predicted octanol–water partition coefficient (Wildman–Crippen LogP) is 1.95. The van der Waals surface area contributed by atoms with Gasteiger partial charge >= 0.3 is 0 Å². The summed E-state index contributed by atoms with van der Waals surface area (Å²) in [7, 11) is 2.13. The van der Waals surface area contributed by atoms with Crippen LogP contribution in [0.4, 0.5) is 0 Å². The molecule has 5 nitrogen and oxygen atoms in total. The molecule has 1 fully saturated rings. The Kier molecular flexibility index (Phi) is 5.86. The molecular weight excluding hydrogens is 272 g/mol. The summed E-state index contributed by atoms with van der Waals surface area (Å²) in [4.78, 5) is 6.90. The number of thioether (sulfide) groups is 1. The van der Waals surface area contributed by atoms with E-state index in [9.17, 15) is 0 Å². The summed E-state index contributed by atoms with van der Waals surface area (Å²) in [6.07, 6.45) is 1.90. The summed E-state index contributed by atoms with van der Waals surface area (Å²) >= 11 is 1.95. The van der Waals surface area contributed by atoms with E-state index in [1.807, 2.05) is 11.8 Å². The van der Waals surface area contributed by atoms with Gasteiger partial charge in [-0.15, -0.1) is 0 Å². The number of hydrogen-bond acceptors (Lipinski definition) is 6. The molecule has 2 rings (SSSR count). The zero-order valence-corrected chi connectivity index (χ0v) is 13.5. The molecule has 0 saturated carbocycles. The van der Waals surface area contributed by atoms with Crippen LogP contribution in [0.2, 0.25) is 0 Å². The van der Waals surface area contributed by atoms with Gasteiger partial charge in [-0.2, -0.15) is 16.7 Å². The first-order valence-corrected chi connectivity index (χ1v) is 8.56. The van der Waals surface area contributed by atoms with Crippen molar-refractivity contribution in [2.24, 2.45) is 17.6 Å².